The van der Waals surface area contributed by atoms with Gasteiger partial charge in [0.15, 0.2) is 0 Å². The number of nitrogens with one attached hydrogen (secondary N) is 2. The van der Waals surface area contributed by atoms with E-state index in [1.54, 1.807) is 0 Å². The first-order valence-electron chi connectivity index (χ1n) is 10.8. The van der Waals surface area contributed by atoms with Gasteiger partial charge in [-0.15, -0.1) is 0 Å². The van der Waals surface area contributed by atoms with Crippen molar-refractivity contribution in [3.8, 4) is 11.5 Å². The van der Waals surface area contributed by atoms with Crippen LogP contribution in [0.2, 0.25) is 0 Å². The molecule has 2 N–H and O–H groups in total. The first-order chi connectivity index (χ1) is 15.1. The molecule has 2 amide bonds. The fourth-order valence-corrected chi connectivity index (χ4v) is 4.59. The zero-order valence-electron chi connectivity index (χ0n) is 17.8. The van der Waals surface area contributed by atoms with Gasteiger partial charge in [-0.1, -0.05) is 12.2 Å². The van der Waals surface area contributed by atoms with Crippen LogP contribution in [0.3, 0.4) is 0 Å². The number of carbonyl (C=O) groups is 2. The Bertz CT molecular complexity index is 875. The van der Waals surface area contributed by atoms with Crippen molar-refractivity contribution < 1.29 is 19.1 Å². The summed E-state index contributed by atoms with van der Waals surface area (Å²) in [6.07, 6.45) is 4.99. The van der Waals surface area contributed by atoms with Crippen LogP contribution in [-0.4, -0.2) is 25.0 Å². The minimum atomic E-state index is -0.385. The van der Waals surface area contributed by atoms with Crippen molar-refractivity contribution in [3.05, 3.63) is 60.7 Å². The lowest BCUT2D eigenvalue weighted by Gasteiger charge is -2.26. The third-order valence-electron chi connectivity index (χ3n) is 5.93. The van der Waals surface area contributed by atoms with E-state index in [1.165, 1.54) is 0 Å². The monoisotopic (exact) mass is 420 g/mol. The van der Waals surface area contributed by atoms with E-state index in [-0.39, 0.29) is 35.5 Å². The van der Waals surface area contributed by atoms with Gasteiger partial charge in [-0.25, -0.2) is 0 Å². The summed E-state index contributed by atoms with van der Waals surface area (Å²) >= 11 is 0. The van der Waals surface area contributed by atoms with Crippen LogP contribution in [-0.2, 0) is 9.59 Å². The van der Waals surface area contributed by atoms with Crippen LogP contribution in [0.25, 0.3) is 0 Å². The number of benzene rings is 2. The summed E-state index contributed by atoms with van der Waals surface area (Å²) < 4.78 is 10.9. The van der Waals surface area contributed by atoms with Crippen LogP contribution in [0.15, 0.2) is 60.7 Å². The summed E-state index contributed by atoms with van der Waals surface area (Å²) in [4.78, 5) is 26.3. The molecule has 2 aliphatic rings. The van der Waals surface area contributed by atoms with Crippen molar-refractivity contribution in [3.63, 3.8) is 0 Å². The summed E-state index contributed by atoms with van der Waals surface area (Å²) in [5.41, 5.74) is 1.40. The lowest BCUT2D eigenvalue weighted by molar-refractivity contribution is -0.129. The fourth-order valence-electron chi connectivity index (χ4n) is 4.59. The van der Waals surface area contributed by atoms with Gasteiger partial charge in [0.1, 0.15) is 11.5 Å². The van der Waals surface area contributed by atoms with Gasteiger partial charge in [0.2, 0.25) is 11.8 Å². The predicted octanol–water partition coefficient (Wildman–Crippen LogP) is 4.50. The maximum Gasteiger partial charge on any atom is 0.228 e. The Labute approximate surface area is 182 Å². The van der Waals surface area contributed by atoms with Crippen LogP contribution < -0.4 is 20.1 Å². The summed E-state index contributed by atoms with van der Waals surface area (Å²) in [6, 6.07) is 14.6. The van der Waals surface area contributed by atoms with Crippen LogP contribution in [0.4, 0.5) is 11.4 Å². The average Bonchev–Trinajstić information content (AvgIpc) is 3.39. The average molecular weight is 421 g/mol. The maximum atomic E-state index is 13.1. The molecule has 0 radical (unpaired) electrons. The molecule has 4 atom stereocenters. The number of hydrogen-bond donors (Lipinski definition) is 2. The number of carbonyl (C=O) groups excluding carboxylic acids is 2. The van der Waals surface area contributed by atoms with E-state index in [0.717, 1.165) is 17.9 Å². The molecule has 2 aromatic rings. The van der Waals surface area contributed by atoms with E-state index >= 15 is 0 Å². The quantitative estimate of drug-likeness (QED) is 0.617. The van der Waals surface area contributed by atoms with Gasteiger partial charge in [-0.05, 0) is 80.6 Å². The van der Waals surface area contributed by atoms with Crippen LogP contribution in [0.1, 0.15) is 20.3 Å². The van der Waals surface area contributed by atoms with Crippen LogP contribution in [0.5, 0.6) is 11.5 Å². The highest BCUT2D eigenvalue weighted by Crippen LogP contribution is 2.48. The molecule has 0 aromatic heterocycles. The lowest BCUT2D eigenvalue weighted by Crippen LogP contribution is -2.39. The zero-order valence-corrected chi connectivity index (χ0v) is 17.8. The van der Waals surface area contributed by atoms with Gasteiger partial charge >= 0.3 is 0 Å². The predicted molar refractivity (Wildman–Crippen MR) is 120 cm³/mol. The first kappa shape index (κ1) is 21.0. The second-order valence-corrected chi connectivity index (χ2v) is 7.89. The molecule has 6 nitrogen and oxygen atoms in total. The molecule has 31 heavy (non-hydrogen) atoms. The smallest absolute Gasteiger partial charge is 0.228 e. The lowest BCUT2D eigenvalue weighted by atomic mass is 9.81. The van der Waals surface area contributed by atoms with E-state index in [9.17, 15) is 9.59 Å². The van der Waals surface area contributed by atoms with Crippen molar-refractivity contribution in [2.45, 2.75) is 20.3 Å². The number of rotatable bonds is 8. The molecule has 0 spiro atoms. The highest BCUT2D eigenvalue weighted by atomic mass is 16.5. The Hall–Kier alpha value is -3.28. The topological polar surface area (TPSA) is 76.7 Å². The van der Waals surface area contributed by atoms with Crippen molar-refractivity contribution in [1.82, 2.24) is 0 Å². The number of ether oxygens (including phenoxy) is 2. The molecule has 2 aliphatic carbocycles. The molecular formula is C25H28N2O4. The van der Waals surface area contributed by atoms with Gasteiger partial charge in [0.25, 0.3) is 0 Å². The summed E-state index contributed by atoms with van der Waals surface area (Å²) in [5.74, 6) is 0.689. The summed E-state index contributed by atoms with van der Waals surface area (Å²) in [5, 5.41) is 5.97. The minimum absolute atomic E-state index is 0.0868. The van der Waals surface area contributed by atoms with E-state index in [2.05, 4.69) is 22.8 Å². The second kappa shape index (κ2) is 9.25. The number of allylic oxidation sites excluding steroid dienone is 2. The van der Waals surface area contributed by atoms with Crippen molar-refractivity contribution in [1.29, 1.82) is 0 Å². The van der Waals surface area contributed by atoms with Gasteiger partial charge in [0, 0.05) is 11.4 Å². The van der Waals surface area contributed by atoms with E-state index in [1.807, 2.05) is 62.4 Å². The highest BCUT2D eigenvalue weighted by molar-refractivity contribution is 6.01. The molecule has 1 fully saturated rings. The van der Waals surface area contributed by atoms with E-state index < -0.39 is 0 Å². The molecule has 6 heteroatoms. The molecule has 2 aromatic carbocycles. The third kappa shape index (κ3) is 4.58. The highest BCUT2D eigenvalue weighted by Gasteiger charge is 2.51. The number of amides is 2. The normalized spacial score (nSPS) is 23.4. The molecule has 1 saturated carbocycles. The molecule has 0 heterocycles. The van der Waals surface area contributed by atoms with E-state index in [0.29, 0.717) is 24.6 Å². The van der Waals surface area contributed by atoms with E-state index in [4.69, 9.17) is 9.47 Å². The molecule has 0 saturated heterocycles. The fraction of sp³-hybridized carbons (Fsp3) is 0.360. The molecule has 4 rings (SSSR count). The molecular weight excluding hydrogens is 392 g/mol. The Balaban J connectivity index is 1.44. The van der Waals surface area contributed by atoms with Gasteiger partial charge in [0.05, 0.1) is 25.0 Å². The number of hydrogen-bond acceptors (Lipinski definition) is 4. The number of anilines is 2. The minimum Gasteiger partial charge on any atom is -0.494 e. The zero-order chi connectivity index (χ0) is 21.8. The second-order valence-electron chi connectivity index (χ2n) is 7.89. The van der Waals surface area contributed by atoms with Crippen LogP contribution in [0, 0.1) is 23.7 Å². The Morgan fingerprint density at radius 1 is 0.742 bits per heavy atom. The van der Waals surface area contributed by atoms with Gasteiger partial charge in [-0.3, -0.25) is 9.59 Å². The summed E-state index contributed by atoms with van der Waals surface area (Å²) in [7, 11) is 0. The van der Waals surface area contributed by atoms with Crippen molar-refractivity contribution in [2.24, 2.45) is 23.7 Å². The largest absolute Gasteiger partial charge is 0.494 e. The van der Waals surface area contributed by atoms with Gasteiger partial charge < -0.3 is 20.1 Å². The maximum absolute atomic E-state index is 13.1. The third-order valence-corrected chi connectivity index (χ3v) is 5.93. The van der Waals surface area contributed by atoms with Crippen LogP contribution >= 0.6 is 0 Å². The SMILES string of the molecule is CCOc1ccc(NC(=O)[C@@H]2[C@H](C(=O)Nc3ccc(OCC)cc3)[C@@H]3C=C[C@H]2C3)cc1. The summed E-state index contributed by atoms with van der Waals surface area (Å²) in [6.45, 7) is 5.04. The van der Waals surface area contributed by atoms with Gasteiger partial charge in [-0.2, -0.15) is 0 Å². The first-order valence-corrected chi connectivity index (χ1v) is 10.8. The molecule has 2 bridgehead atoms. The molecule has 0 unspecified atom stereocenters. The molecule has 162 valence electrons. The Kier molecular flexibility index (Phi) is 6.26. The Morgan fingerprint density at radius 2 is 1.13 bits per heavy atom. The van der Waals surface area contributed by atoms with Crippen molar-refractivity contribution >= 4 is 23.2 Å². The molecule has 0 aliphatic heterocycles. The Morgan fingerprint density at radius 3 is 1.48 bits per heavy atom. The number of fused-ring (bicyclic) bond motifs is 2. The van der Waals surface area contributed by atoms with Crippen molar-refractivity contribution in [2.75, 3.05) is 23.8 Å². The standard InChI is InChI=1S/C25H28N2O4/c1-3-30-20-11-7-18(8-12-20)26-24(28)22-16-5-6-17(15-16)23(22)25(29)27-19-9-13-21(14-10-19)31-4-2/h5-14,16-17,22-23H,3-4,15H2,1-2H3,(H,26,28)(H,27,29)/t16-,17+,22-,23+.